The number of aliphatic carboxylic acids is 1. The third kappa shape index (κ3) is 5.38. The van der Waals surface area contributed by atoms with Gasteiger partial charge >= 0.3 is 5.97 Å². The van der Waals surface area contributed by atoms with Gasteiger partial charge in [0.05, 0.1) is 6.42 Å². The van der Waals surface area contributed by atoms with Gasteiger partial charge in [0.1, 0.15) is 0 Å². The van der Waals surface area contributed by atoms with Crippen LogP contribution in [-0.2, 0) is 15.0 Å². The normalized spacial score (nSPS) is 19.1. The first-order valence-corrected chi connectivity index (χ1v) is 8.78. The van der Waals surface area contributed by atoms with Gasteiger partial charge in [-0.05, 0) is 19.3 Å². The van der Waals surface area contributed by atoms with Crippen molar-refractivity contribution in [1.82, 2.24) is 9.03 Å². The largest absolute Gasteiger partial charge is 0.481 e. The highest BCUT2D eigenvalue weighted by molar-refractivity contribution is 7.87. The van der Waals surface area contributed by atoms with Crippen LogP contribution in [0.3, 0.4) is 0 Å². The zero-order chi connectivity index (χ0) is 15.2. The summed E-state index contributed by atoms with van der Waals surface area (Å²) in [6, 6.07) is -0.498. The molecular formula is C13H26N2O4S. The first-order valence-electron chi connectivity index (χ1n) is 7.34. The van der Waals surface area contributed by atoms with Crippen molar-refractivity contribution >= 4 is 16.2 Å². The topological polar surface area (TPSA) is 86.7 Å². The molecular weight excluding hydrogens is 280 g/mol. The Bertz CT molecular complexity index is 405. The van der Waals surface area contributed by atoms with Crippen LogP contribution in [0.1, 0.15) is 58.3 Å². The fourth-order valence-corrected chi connectivity index (χ4v) is 4.09. The van der Waals surface area contributed by atoms with Crippen molar-refractivity contribution in [3.63, 3.8) is 0 Å². The lowest BCUT2D eigenvalue weighted by Gasteiger charge is -2.31. The van der Waals surface area contributed by atoms with E-state index in [9.17, 15) is 13.2 Å². The Balaban J connectivity index is 2.67. The van der Waals surface area contributed by atoms with Crippen LogP contribution in [0, 0.1) is 0 Å². The van der Waals surface area contributed by atoms with E-state index in [0.29, 0.717) is 6.42 Å². The monoisotopic (exact) mass is 306 g/mol. The smallest absolute Gasteiger partial charge is 0.304 e. The molecule has 1 rings (SSSR count). The van der Waals surface area contributed by atoms with Crippen molar-refractivity contribution in [2.75, 3.05) is 7.05 Å². The summed E-state index contributed by atoms with van der Waals surface area (Å²) in [4.78, 5) is 10.8. The molecule has 7 heteroatoms. The van der Waals surface area contributed by atoms with Gasteiger partial charge in [-0.25, -0.2) is 0 Å². The van der Waals surface area contributed by atoms with Crippen LogP contribution in [0.2, 0.25) is 0 Å². The summed E-state index contributed by atoms with van der Waals surface area (Å²) >= 11 is 0. The van der Waals surface area contributed by atoms with Crippen molar-refractivity contribution < 1.29 is 18.3 Å². The maximum atomic E-state index is 12.3. The Morgan fingerprint density at radius 1 is 1.35 bits per heavy atom. The van der Waals surface area contributed by atoms with Crippen molar-refractivity contribution in [3.05, 3.63) is 0 Å². The number of carboxylic acids is 1. The van der Waals surface area contributed by atoms with Crippen LogP contribution in [0.15, 0.2) is 0 Å². The van der Waals surface area contributed by atoms with Crippen molar-refractivity contribution in [3.8, 4) is 0 Å². The molecule has 0 aromatic rings. The standard InChI is InChI=1S/C13H26N2O4S/c1-3-7-11(10-13(16)17)14-20(18,19)15(2)12-8-5-4-6-9-12/h11-12,14H,3-10H2,1-2H3,(H,16,17). The summed E-state index contributed by atoms with van der Waals surface area (Å²) in [5, 5.41) is 8.85. The van der Waals surface area contributed by atoms with E-state index in [1.165, 1.54) is 4.31 Å². The molecule has 1 fully saturated rings. The molecule has 0 radical (unpaired) electrons. The number of nitrogens with zero attached hydrogens (tertiary/aromatic N) is 1. The van der Waals surface area contributed by atoms with E-state index in [0.717, 1.165) is 38.5 Å². The van der Waals surface area contributed by atoms with Crippen LogP contribution < -0.4 is 4.72 Å². The highest BCUT2D eigenvalue weighted by atomic mass is 32.2. The molecule has 0 aromatic heterocycles. The number of carbonyl (C=O) groups is 1. The number of rotatable bonds is 8. The Labute approximate surface area is 121 Å². The second-order valence-electron chi connectivity index (χ2n) is 5.51. The molecule has 1 atom stereocenters. The zero-order valence-corrected chi connectivity index (χ0v) is 13.2. The molecule has 1 aliphatic carbocycles. The molecule has 0 saturated heterocycles. The van der Waals surface area contributed by atoms with Gasteiger partial charge in [0.25, 0.3) is 10.2 Å². The minimum atomic E-state index is -3.61. The van der Waals surface area contributed by atoms with E-state index in [1.807, 2.05) is 6.92 Å². The van der Waals surface area contributed by atoms with Gasteiger partial charge in [-0.15, -0.1) is 0 Å². The lowest BCUT2D eigenvalue weighted by molar-refractivity contribution is -0.137. The Morgan fingerprint density at radius 3 is 2.45 bits per heavy atom. The molecule has 6 nitrogen and oxygen atoms in total. The molecule has 1 saturated carbocycles. The molecule has 2 N–H and O–H groups in total. The lowest BCUT2D eigenvalue weighted by Crippen LogP contribution is -2.48. The van der Waals surface area contributed by atoms with E-state index >= 15 is 0 Å². The van der Waals surface area contributed by atoms with Gasteiger partial charge in [-0.1, -0.05) is 32.6 Å². The van der Waals surface area contributed by atoms with Crippen molar-refractivity contribution in [1.29, 1.82) is 0 Å². The second kappa shape index (κ2) is 7.95. The molecule has 0 aliphatic heterocycles. The van der Waals surface area contributed by atoms with E-state index in [-0.39, 0.29) is 12.5 Å². The minimum Gasteiger partial charge on any atom is -0.481 e. The molecule has 118 valence electrons. The molecule has 0 amide bonds. The summed E-state index contributed by atoms with van der Waals surface area (Å²) in [7, 11) is -2.02. The van der Waals surface area contributed by atoms with E-state index < -0.39 is 22.2 Å². The first kappa shape index (κ1) is 17.4. The van der Waals surface area contributed by atoms with Crippen LogP contribution in [0.5, 0.6) is 0 Å². The zero-order valence-electron chi connectivity index (χ0n) is 12.3. The molecule has 1 aliphatic rings. The average molecular weight is 306 g/mol. The van der Waals surface area contributed by atoms with Crippen LogP contribution >= 0.6 is 0 Å². The molecule has 0 spiro atoms. The van der Waals surface area contributed by atoms with Gasteiger partial charge in [-0.2, -0.15) is 17.4 Å². The predicted molar refractivity (Wildman–Crippen MR) is 77.6 cm³/mol. The molecule has 0 bridgehead atoms. The Morgan fingerprint density at radius 2 is 1.95 bits per heavy atom. The highest BCUT2D eigenvalue weighted by Gasteiger charge is 2.29. The summed E-state index contributed by atoms with van der Waals surface area (Å²) in [5.74, 6) is -0.980. The number of nitrogens with one attached hydrogen (secondary N) is 1. The highest BCUT2D eigenvalue weighted by Crippen LogP contribution is 2.23. The van der Waals surface area contributed by atoms with Crippen LogP contribution in [0.4, 0.5) is 0 Å². The maximum absolute atomic E-state index is 12.3. The number of hydrogen-bond donors (Lipinski definition) is 2. The fraction of sp³-hybridized carbons (Fsp3) is 0.923. The molecule has 1 unspecified atom stereocenters. The summed E-state index contributed by atoms with van der Waals surface area (Å²) < 4.78 is 28.6. The predicted octanol–water partition coefficient (Wildman–Crippen LogP) is 1.73. The van der Waals surface area contributed by atoms with E-state index in [4.69, 9.17) is 5.11 Å². The van der Waals surface area contributed by atoms with Crippen molar-refractivity contribution in [2.24, 2.45) is 0 Å². The van der Waals surface area contributed by atoms with Crippen LogP contribution in [-0.4, -0.2) is 42.9 Å². The van der Waals surface area contributed by atoms with Gasteiger partial charge in [0, 0.05) is 19.1 Å². The fourth-order valence-electron chi connectivity index (χ4n) is 2.70. The molecule has 0 heterocycles. The maximum Gasteiger partial charge on any atom is 0.304 e. The summed E-state index contributed by atoms with van der Waals surface area (Å²) in [6.45, 7) is 1.91. The van der Waals surface area contributed by atoms with Gasteiger partial charge < -0.3 is 5.11 Å². The van der Waals surface area contributed by atoms with Gasteiger partial charge in [-0.3, -0.25) is 4.79 Å². The summed E-state index contributed by atoms with van der Waals surface area (Å²) in [6.07, 6.45) is 6.14. The quantitative estimate of drug-likeness (QED) is 0.715. The Kier molecular flexibility index (Phi) is 6.91. The van der Waals surface area contributed by atoms with Crippen molar-refractivity contribution in [2.45, 2.75) is 70.4 Å². The SMILES string of the molecule is CCCC(CC(=O)O)NS(=O)(=O)N(C)C1CCCCC1. The third-order valence-corrected chi connectivity index (χ3v) is 5.53. The van der Waals surface area contributed by atoms with Gasteiger partial charge in [0.2, 0.25) is 0 Å². The first-order chi connectivity index (χ1) is 9.36. The second-order valence-corrected chi connectivity index (χ2v) is 7.28. The van der Waals surface area contributed by atoms with Crippen LogP contribution in [0.25, 0.3) is 0 Å². The third-order valence-electron chi connectivity index (χ3n) is 3.84. The average Bonchev–Trinajstić information content (AvgIpc) is 2.38. The molecule has 0 aromatic carbocycles. The minimum absolute atomic E-state index is 0.0355. The molecule has 20 heavy (non-hydrogen) atoms. The Hall–Kier alpha value is -0.660. The lowest BCUT2D eigenvalue weighted by atomic mass is 9.96. The van der Waals surface area contributed by atoms with Gasteiger partial charge in [0.15, 0.2) is 0 Å². The van der Waals surface area contributed by atoms with E-state index in [1.54, 1.807) is 7.05 Å². The number of hydrogen-bond acceptors (Lipinski definition) is 3. The summed E-state index contributed by atoms with van der Waals surface area (Å²) in [5.41, 5.74) is 0. The van der Waals surface area contributed by atoms with E-state index in [2.05, 4.69) is 4.72 Å². The number of carboxylic acid groups (broad SMARTS) is 1.